The van der Waals surface area contributed by atoms with Crippen molar-refractivity contribution in [1.29, 1.82) is 0 Å². The van der Waals surface area contributed by atoms with E-state index in [1.165, 1.54) is 12.1 Å². The molecule has 2 aliphatic rings. The summed E-state index contributed by atoms with van der Waals surface area (Å²) in [4.78, 5) is 49.6. The van der Waals surface area contributed by atoms with Gasteiger partial charge in [-0.05, 0) is 19.1 Å². The van der Waals surface area contributed by atoms with Crippen molar-refractivity contribution in [3.8, 4) is 0 Å². The van der Waals surface area contributed by atoms with Crippen LogP contribution in [0.3, 0.4) is 0 Å². The van der Waals surface area contributed by atoms with E-state index in [1.54, 1.807) is 13.0 Å². The van der Waals surface area contributed by atoms with Gasteiger partial charge in [0.15, 0.2) is 6.54 Å². The topological polar surface area (TPSA) is 110 Å². The van der Waals surface area contributed by atoms with Crippen LogP contribution in [-0.4, -0.2) is 55.1 Å². The SMILES string of the molecule is CCOCC[N+]1(CC(=O)O)C(=O)C2(CC(=O)NC2=O)c2cc(Cl)ccc21. The van der Waals surface area contributed by atoms with Gasteiger partial charge in [-0.15, -0.1) is 0 Å². The van der Waals surface area contributed by atoms with Crippen molar-refractivity contribution in [2.24, 2.45) is 0 Å². The third kappa shape index (κ3) is 2.53. The molecule has 1 saturated heterocycles. The van der Waals surface area contributed by atoms with Crippen LogP contribution in [0.15, 0.2) is 18.2 Å². The predicted octanol–water partition coefficient (Wildman–Crippen LogP) is 0.593. The van der Waals surface area contributed by atoms with Crippen molar-refractivity contribution in [3.63, 3.8) is 0 Å². The van der Waals surface area contributed by atoms with Gasteiger partial charge < -0.3 is 9.84 Å². The van der Waals surface area contributed by atoms with Crippen LogP contribution >= 0.6 is 11.6 Å². The Morgan fingerprint density at radius 3 is 2.69 bits per heavy atom. The highest BCUT2D eigenvalue weighted by atomic mass is 35.5. The summed E-state index contributed by atoms with van der Waals surface area (Å²) in [6.07, 6.45) is -0.355. The Morgan fingerprint density at radius 1 is 1.38 bits per heavy atom. The maximum absolute atomic E-state index is 13.5. The molecule has 2 aliphatic heterocycles. The minimum atomic E-state index is -1.75. The number of carbonyl (C=O) groups is 4. The number of nitrogens with one attached hydrogen (secondary N) is 1. The molecule has 0 aliphatic carbocycles. The molecule has 1 spiro atoms. The van der Waals surface area contributed by atoms with Crippen LogP contribution in [0.5, 0.6) is 0 Å². The summed E-state index contributed by atoms with van der Waals surface area (Å²) in [6, 6.07) is 4.56. The maximum Gasteiger partial charge on any atom is 0.360 e. The van der Waals surface area contributed by atoms with Gasteiger partial charge >= 0.3 is 11.9 Å². The molecule has 2 atom stereocenters. The Hall–Kier alpha value is -2.29. The zero-order valence-electron chi connectivity index (χ0n) is 14.1. The first kappa shape index (κ1) is 18.5. The van der Waals surface area contributed by atoms with Gasteiger partial charge in [-0.25, -0.2) is 14.1 Å². The van der Waals surface area contributed by atoms with Gasteiger partial charge in [-0.3, -0.25) is 14.9 Å². The number of carboxylic acids is 1. The molecule has 3 rings (SSSR count). The van der Waals surface area contributed by atoms with E-state index in [9.17, 15) is 24.3 Å². The number of carbonyl (C=O) groups excluding carboxylic acids is 3. The molecule has 26 heavy (non-hydrogen) atoms. The first-order valence-electron chi connectivity index (χ1n) is 8.14. The number of hydrogen-bond donors (Lipinski definition) is 2. The van der Waals surface area contributed by atoms with E-state index in [0.717, 1.165) is 0 Å². The molecule has 0 bridgehead atoms. The number of halogens is 1. The van der Waals surface area contributed by atoms with E-state index < -0.39 is 40.1 Å². The predicted molar refractivity (Wildman–Crippen MR) is 91.6 cm³/mol. The highest BCUT2D eigenvalue weighted by molar-refractivity contribution is 6.32. The normalized spacial score (nSPS) is 27.1. The monoisotopic (exact) mass is 381 g/mol. The van der Waals surface area contributed by atoms with Gasteiger partial charge in [0.05, 0.1) is 13.0 Å². The maximum atomic E-state index is 13.5. The molecule has 0 aromatic heterocycles. The highest BCUT2D eigenvalue weighted by Gasteiger charge is 2.69. The van der Waals surface area contributed by atoms with Crippen LogP contribution in [0.1, 0.15) is 18.9 Å². The minimum absolute atomic E-state index is 0.0385. The number of nitrogens with zero attached hydrogens (tertiary/aromatic N) is 1. The van der Waals surface area contributed by atoms with E-state index >= 15 is 0 Å². The van der Waals surface area contributed by atoms with E-state index in [0.29, 0.717) is 17.3 Å². The van der Waals surface area contributed by atoms with Crippen LogP contribution in [-0.2, 0) is 29.3 Å². The number of benzene rings is 1. The average molecular weight is 382 g/mol. The smallest absolute Gasteiger partial charge is 0.360 e. The molecule has 0 radical (unpaired) electrons. The molecule has 2 unspecified atom stereocenters. The largest absolute Gasteiger partial charge is 0.477 e. The molecule has 9 heteroatoms. The molecule has 1 aromatic rings. The molecule has 3 amide bonds. The summed E-state index contributed by atoms with van der Waals surface area (Å²) in [5, 5.41) is 11.9. The van der Waals surface area contributed by atoms with E-state index in [-0.39, 0.29) is 25.1 Å². The first-order valence-corrected chi connectivity index (χ1v) is 8.52. The molecule has 0 saturated carbocycles. The Labute approximate surface area is 154 Å². The lowest BCUT2D eigenvalue weighted by Crippen LogP contribution is -2.61. The molecule has 2 heterocycles. The summed E-state index contributed by atoms with van der Waals surface area (Å²) in [5.74, 6) is -3.15. The van der Waals surface area contributed by atoms with Gasteiger partial charge in [0.2, 0.25) is 11.3 Å². The van der Waals surface area contributed by atoms with Crippen molar-refractivity contribution in [2.75, 3.05) is 26.3 Å². The molecule has 138 valence electrons. The second-order valence-corrected chi connectivity index (χ2v) is 6.80. The van der Waals surface area contributed by atoms with Gasteiger partial charge in [0.25, 0.3) is 5.91 Å². The number of rotatable bonds is 6. The third-order valence-electron chi connectivity index (χ3n) is 4.93. The van der Waals surface area contributed by atoms with Gasteiger partial charge in [-0.2, -0.15) is 0 Å². The molecule has 8 nitrogen and oxygen atoms in total. The number of quaternary nitrogens is 1. The standard InChI is InChI=1S/C17H17ClN2O6/c1-2-26-6-5-20(9-14(22)23)12-4-3-10(18)7-11(12)17(16(20)25)8-13(21)19-15(17)24/h3-4,7H,2,5-6,8-9H2,1H3,(H-,19,21,22,23,24)/p+1. The van der Waals surface area contributed by atoms with Crippen LogP contribution < -0.4 is 9.80 Å². The van der Waals surface area contributed by atoms with Gasteiger partial charge in [0.1, 0.15) is 12.2 Å². The third-order valence-corrected chi connectivity index (χ3v) is 5.16. The fraction of sp³-hybridized carbons (Fsp3) is 0.412. The van der Waals surface area contributed by atoms with Crippen LogP contribution in [0.4, 0.5) is 5.69 Å². The number of carboxylic acid groups (broad SMARTS) is 1. The fourth-order valence-corrected chi connectivity index (χ4v) is 4.03. The van der Waals surface area contributed by atoms with Gasteiger partial charge in [0, 0.05) is 23.3 Å². The van der Waals surface area contributed by atoms with Crippen LogP contribution in [0.2, 0.25) is 5.02 Å². The Bertz CT molecular complexity index is 825. The number of aliphatic carboxylic acids is 1. The van der Waals surface area contributed by atoms with E-state index in [1.807, 2.05) is 0 Å². The number of imide groups is 1. The molecular formula is C17H18ClN2O6+. The summed E-state index contributed by atoms with van der Waals surface area (Å²) in [5.41, 5.74) is -1.10. The van der Waals surface area contributed by atoms with Crippen molar-refractivity contribution in [2.45, 2.75) is 18.8 Å². The number of fused-ring (bicyclic) bond motifs is 2. The minimum Gasteiger partial charge on any atom is -0.477 e. The Morgan fingerprint density at radius 2 is 2.12 bits per heavy atom. The molecule has 1 aromatic carbocycles. The Balaban J connectivity index is 2.23. The number of amides is 3. The zero-order valence-corrected chi connectivity index (χ0v) is 14.8. The van der Waals surface area contributed by atoms with Crippen molar-refractivity contribution in [1.82, 2.24) is 9.80 Å². The zero-order chi connectivity index (χ0) is 19.1. The second-order valence-electron chi connectivity index (χ2n) is 6.37. The summed E-state index contributed by atoms with van der Waals surface area (Å²) >= 11 is 6.07. The van der Waals surface area contributed by atoms with Crippen molar-refractivity contribution in [3.05, 3.63) is 28.8 Å². The number of ether oxygens (including phenoxy) is 1. The highest BCUT2D eigenvalue weighted by Crippen LogP contribution is 2.51. The van der Waals surface area contributed by atoms with Crippen molar-refractivity contribution < 1.29 is 29.0 Å². The fourth-order valence-electron chi connectivity index (χ4n) is 3.86. The summed E-state index contributed by atoms with van der Waals surface area (Å²) in [6.45, 7) is 1.80. The van der Waals surface area contributed by atoms with E-state index in [2.05, 4.69) is 5.32 Å². The summed E-state index contributed by atoms with van der Waals surface area (Å²) < 4.78 is 4.74. The number of hydrogen-bond acceptors (Lipinski definition) is 5. The van der Waals surface area contributed by atoms with E-state index in [4.69, 9.17) is 16.3 Å². The second kappa shape index (κ2) is 6.46. The lowest BCUT2D eigenvalue weighted by molar-refractivity contribution is -0.148. The molecular weight excluding hydrogens is 364 g/mol. The van der Waals surface area contributed by atoms with Crippen LogP contribution in [0.25, 0.3) is 0 Å². The Kier molecular flexibility index (Phi) is 4.60. The van der Waals surface area contributed by atoms with Gasteiger partial charge in [-0.1, -0.05) is 11.6 Å². The lowest BCUT2D eigenvalue weighted by Gasteiger charge is -2.31. The lowest BCUT2D eigenvalue weighted by atomic mass is 9.80. The van der Waals surface area contributed by atoms with Crippen molar-refractivity contribution >= 4 is 41.0 Å². The molecule has 2 N–H and O–H groups in total. The average Bonchev–Trinajstić information content (AvgIpc) is 2.96. The summed E-state index contributed by atoms with van der Waals surface area (Å²) in [7, 11) is 0. The van der Waals surface area contributed by atoms with Crippen LogP contribution in [0, 0.1) is 0 Å². The quantitative estimate of drug-likeness (QED) is 0.323. The molecule has 1 fully saturated rings. The first-order chi connectivity index (χ1) is 12.3.